The highest BCUT2D eigenvalue weighted by atomic mass is 35.5. The normalized spacial score (nSPS) is 13.4. The van der Waals surface area contributed by atoms with Crippen molar-refractivity contribution in [2.75, 3.05) is 11.9 Å². The number of halogens is 1. The van der Waals surface area contributed by atoms with Gasteiger partial charge in [0.05, 0.1) is 6.54 Å². The van der Waals surface area contributed by atoms with Gasteiger partial charge in [0.15, 0.2) is 11.2 Å². The molecule has 3 rings (SSSR count). The van der Waals surface area contributed by atoms with Crippen molar-refractivity contribution in [2.24, 2.45) is 14.1 Å². The zero-order valence-corrected chi connectivity index (χ0v) is 18.2. The summed E-state index contributed by atoms with van der Waals surface area (Å²) in [5.74, 6) is 0.994. The van der Waals surface area contributed by atoms with Crippen LogP contribution in [-0.2, 0) is 20.6 Å². The van der Waals surface area contributed by atoms with E-state index in [2.05, 4.69) is 10.3 Å². The van der Waals surface area contributed by atoms with Gasteiger partial charge in [-0.05, 0) is 37.6 Å². The van der Waals surface area contributed by atoms with Gasteiger partial charge in [-0.2, -0.15) is 4.98 Å². The van der Waals surface area contributed by atoms with Crippen LogP contribution in [0.5, 0.6) is 5.75 Å². The predicted octanol–water partition coefficient (Wildman–Crippen LogP) is 1.74. The molecule has 0 radical (unpaired) electrons. The number of nitrogens with zero attached hydrogens (tertiary/aromatic N) is 4. The molecule has 0 fully saturated rings. The number of rotatable bonds is 8. The molecular weight excluding hydrogens is 410 g/mol. The van der Waals surface area contributed by atoms with Crippen molar-refractivity contribution in [3.63, 3.8) is 0 Å². The van der Waals surface area contributed by atoms with Gasteiger partial charge in [0, 0.05) is 25.2 Å². The molecule has 162 valence electrons. The van der Waals surface area contributed by atoms with Gasteiger partial charge in [0.25, 0.3) is 5.56 Å². The minimum atomic E-state index is -0.919. The SMILES string of the molecule is CC[C@H](C)Nc1nc2c(c(=O)n(C)c(=O)n2C)n1C[C@H](O)COc1ccc(Cl)cc1. The lowest BCUT2D eigenvalue weighted by Crippen LogP contribution is -2.38. The fourth-order valence-electron chi connectivity index (χ4n) is 3.04. The van der Waals surface area contributed by atoms with E-state index < -0.39 is 17.4 Å². The van der Waals surface area contributed by atoms with E-state index in [1.54, 1.807) is 35.9 Å². The lowest BCUT2D eigenvalue weighted by atomic mass is 10.3. The summed E-state index contributed by atoms with van der Waals surface area (Å²) in [5, 5.41) is 14.4. The third kappa shape index (κ3) is 4.36. The zero-order valence-electron chi connectivity index (χ0n) is 17.4. The number of ether oxygens (including phenoxy) is 1. The zero-order chi connectivity index (χ0) is 22.0. The molecule has 0 aliphatic rings. The standard InChI is InChI=1S/C20H26ClN5O4/c1-5-12(2)22-19-23-17-16(18(28)25(4)20(29)24(17)3)26(19)10-14(27)11-30-15-8-6-13(21)7-9-15/h6-9,12,14,27H,5,10-11H2,1-4H3,(H,22,23)/t12-,14-/m0/s1. The number of hydrogen-bond acceptors (Lipinski definition) is 6. The average Bonchev–Trinajstić information content (AvgIpc) is 3.08. The number of hydrogen-bond donors (Lipinski definition) is 2. The number of imidazole rings is 1. The van der Waals surface area contributed by atoms with Gasteiger partial charge < -0.3 is 19.7 Å². The first-order valence-corrected chi connectivity index (χ1v) is 10.1. The van der Waals surface area contributed by atoms with Crippen molar-refractivity contribution in [3.05, 3.63) is 50.1 Å². The molecule has 30 heavy (non-hydrogen) atoms. The first kappa shape index (κ1) is 21.9. The summed E-state index contributed by atoms with van der Waals surface area (Å²) < 4.78 is 9.59. The molecule has 0 spiro atoms. The van der Waals surface area contributed by atoms with Crippen LogP contribution in [0.15, 0.2) is 33.9 Å². The molecule has 0 unspecified atom stereocenters. The summed E-state index contributed by atoms with van der Waals surface area (Å²) in [5.41, 5.74) is -0.418. The highest BCUT2D eigenvalue weighted by Gasteiger charge is 2.22. The Morgan fingerprint density at radius 2 is 1.87 bits per heavy atom. The molecule has 0 amide bonds. The Kier molecular flexibility index (Phi) is 6.52. The number of fused-ring (bicyclic) bond motifs is 1. The van der Waals surface area contributed by atoms with Crippen LogP contribution in [0.1, 0.15) is 20.3 Å². The molecule has 9 nitrogen and oxygen atoms in total. The number of aryl methyl sites for hydroxylation is 1. The second kappa shape index (κ2) is 8.93. The van der Waals surface area contributed by atoms with Crippen LogP contribution in [0.25, 0.3) is 11.2 Å². The van der Waals surface area contributed by atoms with E-state index in [0.29, 0.717) is 16.7 Å². The molecule has 0 bridgehead atoms. The van der Waals surface area contributed by atoms with Gasteiger partial charge in [-0.15, -0.1) is 0 Å². The smallest absolute Gasteiger partial charge is 0.332 e. The lowest BCUT2D eigenvalue weighted by Gasteiger charge is -2.18. The fraction of sp³-hybridized carbons (Fsp3) is 0.450. The second-order valence-corrected chi connectivity index (χ2v) is 7.73. The van der Waals surface area contributed by atoms with Crippen LogP contribution in [0.3, 0.4) is 0 Å². The van der Waals surface area contributed by atoms with Crippen molar-refractivity contribution in [1.82, 2.24) is 18.7 Å². The van der Waals surface area contributed by atoms with E-state index >= 15 is 0 Å². The van der Waals surface area contributed by atoms with Gasteiger partial charge in [-0.1, -0.05) is 18.5 Å². The number of nitrogens with one attached hydrogen (secondary N) is 1. The molecule has 0 aliphatic carbocycles. The molecule has 2 N–H and O–H groups in total. The van der Waals surface area contributed by atoms with E-state index in [1.807, 2.05) is 13.8 Å². The Hall–Kier alpha value is -2.78. The summed E-state index contributed by atoms with van der Waals surface area (Å²) in [4.78, 5) is 29.6. The fourth-order valence-corrected chi connectivity index (χ4v) is 3.17. The molecule has 0 saturated heterocycles. The third-order valence-electron chi connectivity index (χ3n) is 4.99. The van der Waals surface area contributed by atoms with Gasteiger partial charge in [-0.3, -0.25) is 13.9 Å². The molecule has 10 heteroatoms. The summed E-state index contributed by atoms with van der Waals surface area (Å²) in [7, 11) is 2.98. The molecule has 0 saturated carbocycles. The van der Waals surface area contributed by atoms with Crippen molar-refractivity contribution in [1.29, 1.82) is 0 Å². The van der Waals surface area contributed by atoms with E-state index in [1.165, 1.54) is 11.6 Å². The van der Waals surface area contributed by atoms with E-state index in [-0.39, 0.29) is 30.4 Å². The highest BCUT2D eigenvalue weighted by Crippen LogP contribution is 2.19. The first-order chi connectivity index (χ1) is 14.2. The minimum Gasteiger partial charge on any atom is -0.491 e. The topological polar surface area (TPSA) is 103 Å². The third-order valence-corrected chi connectivity index (χ3v) is 5.24. The molecular formula is C20H26ClN5O4. The minimum absolute atomic E-state index is 0.0101. The van der Waals surface area contributed by atoms with Crippen molar-refractivity contribution >= 4 is 28.7 Å². The van der Waals surface area contributed by atoms with Gasteiger partial charge >= 0.3 is 5.69 Å². The number of anilines is 1. The maximum absolute atomic E-state index is 12.8. The Morgan fingerprint density at radius 1 is 1.20 bits per heavy atom. The monoisotopic (exact) mass is 435 g/mol. The number of aliphatic hydroxyl groups is 1. The predicted molar refractivity (Wildman–Crippen MR) is 117 cm³/mol. The first-order valence-electron chi connectivity index (χ1n) is 9.72. The van der Waals surface area contributed by atoms with Crippen molar-refractivity contribution in [2.45, 2.75) is 39.0 Å². The number of benzene rings is 1. The summed E-state index contributed by atoms with van der Waals surface area (Å²) >= 11 is 5.87. The summed E-state index contributed by atoms with van der Waals surface area (Å²) in [6.07, 6.45) is -0.0833. The summed E-state index contributed by atoms with van der Waals surface area (Å²) in [6, 6.07) is 6.91. The molecule has 0 aliphatic heterocycles. The molecule has 1 aromatic carbocycles. The molecule has 3 aromatic rings. The van der Waals surface area contributed by atoms with E-state index in [0.717, 1.165) is 11.0 Å². The van der Waals surface area contributed by atoms with Gasteiger partial charge in [0.1, 0.15) is 18.5 Å². The van der Waals surface area contributed by atoms with Crippen LogP contribution in [0, 0.1) is 0 Å². The molecule has 2 aromatic heterocycles. The molecule has 2 atom stereocenters. The second-order valence-electron chi connectivity index (χ2n) is 7.30. The highest BCUT2D eigenvalue weighted by molar-refractivity contribution is 6.30. The van der Waals surface area contributed by atoms with E-state index in [9.17, 15) is 14.7 Å². The summed E-state index contributed by atoms with van der Waals surface area (Å²) in [6.45, 7) is 4.08. The largest absolute Gasteiger partial charge is 0.491 e. The van der Waals surface area contributed by atoms with Crippen LogP contribution in [0.4, 0.5) is 5.95 Å². The van der Waals surface area contributed by atoms with Crippen LogP contribution in [-0.4, -0.2) is 42.5 Å². The van der Waals surface area contributed by atoms with Crippen LogP contribution < -0.4 is 21.3 Å². The maximum Gasteiger partial charge on any atom is 0.332 e. The van der Waals surface area contributed by atoms with E-state index in [4.69, 9.17) is 16.3 Å². The average molecular weight is 436 g/mol. The quantitative estimate of drug-likeness (QED) is 0.558. The maximum atomic E-state index is 12.8. The van der Waals surface area contributed by atoms with Crippen LogP contribution >= 0.6 is 11.6 Å². The Labute approximate surface area is 178 Å². The Bertz CT molecular complexity index is 1150. The van der Waals surface area contributed by atoms with Gasteiger partial charge in [0.2, 0.25) is 5.95 Å². The van der Waals surface area contributed by atoms with Crippen molar-refractivity contribution in [3.8, 4) is 5.75 Å². The lowest BCUT2D eigenvalue weighted by molar-refractivity contribution is 0.0938. The molecule has 2 heterocycles. The van der Waals surface area contributed by atoms with Gasteiger partial charge in [-0.25, -0.2) is 4.79 Å². The van der Waals surface area contributed by atoms with Crippen molar-refractivity contribution < 1.29 is 9.84 Å². The Balaban J connectivity index is 1.95. The van der Waals surface area contributed by atoms with Crippen LogP contribution in [0.2, 0.25) is 5.02 Å². The number of aromatic nitrogens is 4. The number of aliphatic hydroxyl groups excluding tert-OH is 1. The Morgan fingerprint density at radius 3 is 2.50 bits per heavy atom.